The maximum atomic E-state index is 13.4. The lowest BCUT2D eigenvalue weighted by atomic mass is 10.0. The Morgan fingerprint density at radius 3 is 2.40 bits per heavy atom. The average Bonchev–Trinajstić information content (AvgIpc) is 3.28. The van der Waals surface area contributed by atoms with Crippen molar-refractivity contribution in [2.24, 2.45) is 0 Å². The van der Waals surface area contributed by atoms with Gasteiger partial charge in [0.05, 0.1) is 7.11 Å². The highest BCUT2D eigenvalue weighted by Crippen LogP contribution is 2.25. The summed E-state index contributed by atoms with van der Waals surface area (Å²) in [7, 11) is 1.70. The van der Waals surface area contributed by atoms with Crippen LogP contribution in [-0.2, 0) is 12.8 Å². The Morgan fingerprint density at radius 2 is 1.57 bits per heavy atom. The van der Waals surface area contributed by atoms with E-state index in [0.717, 1.165) is 56.9 Å². The van der Waals surface area contributed by atoms with Crippen LogP contribution in [0.4, 0.5) is 0 Å². The van der Waals surface area contributed by atoms with Crippen LogP contribution in [0, 0.1) is 13.8 Å². The van der Waals surface area contributed by atoms with Gasteiger partial charge in [-0.3, -0.25) is 9.69 Å². The molecule has 6 rings (SSSR count). The first-order valence-electron chi connectivity index (χ1n) is 14.2. The second kappa shape index (κ2) is 11.2. The number of amides is 1. The molecule has 0 bridgehead atoms. The molecule has 0 spiro atoms. The molecule has 2 heterocycles. The summed E-state index contributed by atoms with van der Waals surface area (Å²) in [6.45, 7) is 8.64. The third kappa shape index (κ3) is 5.47. The van der Waals surface area contributed by atoms with Crippen molar-refractivity contribution in [3.8, 4) is 5.75 Å². The number of rotatable bonds is 7. The lowest BCUT2D eigenvalue weighted by molar-refractivity contribution is 0.0638. The Labute approximate surface area is 236 Å². The maximum Gasteiger partial charge on any atom is 0.253 e. The third-order valence-corrected chi connectivity index (χ3v) is 8.44. The monoisotopic (exact) mass is 531 g/mol. The van der Waals surface area contributed by atoms with Gasteiger partial charge in [-0.15, -0.1) is 0 Å². The zero-order valence-electron chi connectivity index (χ0n) is 23.7. The first-order chi connectivity index (χ1) is 19.5. The summed E-state index contributed by atoms with van der Waals surface area (Å²) < 4.78 is 5.34. The van der Waals surface area contributed by atoms with Crippen molar-refractivity contribution in [1.82, 2.24) is 14.8 Å². The van der Waals surface area contributed by atoms with E-state index < -0.39 is 0 Å². The summed E-state index contributed by atoms with van der Waals surface area (Å²) in [5.41, 5.74) is 8.26. The van der Waals surface area contributed by atoms with Gasteiger partial charge >= 0.3 is 0 Å². The van der Waals surface area contributed by atoms with Gasteiger partial charge in [0.1, 0.15) is 5.75 Å². The van der Waals surface area contributed by atoms with Gasteiger partial charge in [0, 0.05) is 54.9 Å². The van der Waals surface area contributed by atoms with Crippen LogP contribution < -0.4 is 4.74 Å². The van der Waals surface area contributed by atoms with E-state index in [4.69, 9.17) is 4.74 Å². The molecule has 1 amide bonds. The highest BCUT2D eigenvalue weighted by Gasteiger charge is 2.22. The highest BCUT2D eigenvalue weighted by molar-refractivity contribution is 5.94. The molecule has 0 radical (unpaired) electrons. The molecule has 0 atom stereocenters. The minimum absolute atomic E-state index is 0.138. The smallest absolute Gasteiger partial charge is 0.253 e. The van der Waals surface area contributed by atoms with Gasteiger partial charge in [0.15, 0.2) is 0 Å². The fourth-order valence-electron chi connectivity index (χ4n) is 5.87. The molecule has 0 aliphatic carbocycles. The lowest BCUT2D eigenvalue weighted by Gasteiger charge is -2.35. The minimum atomic E-state index is 0.138. The summed E-state index contributed by atoms with van der Waals surface area (Å²) in [6, 6.07) is 27.7. The van der Waals surface area contributed by atoms with Crippen LogP contribution in [-0.4, -0.2) is 60.5 Å². The quantitative estimate of drug-likeness (QED) is 0.260. The van der Waals surface area contributed by atoms with Crippen molar-refractivity contribution in [2.45, 2.75) is 26.7 Å². The van der Waals surface area contributed by atoms with E-state index in [1.807, 2.05) is 23.1 Å². The van der Waals surface area contributed by atoms with Crippen LogP contribution in [0.1, 0.15) is 38.3 Å². The van der Waals surface area contributed by atoms with Crippen molar-refractivity contribution in [3.63, 3.8) is 0 Å². The van der Waals surface area contributed by atoms with E-state index in [9.17, 15) is 4.79 Å². The Kier molecular flexibility index (Phi) is 7.31. The molecule has 0 unspecified atom stereocenters. The second-order valence-electron chi connectivity index (χ2n) is 11.1. The number of aromatic nitrogens is 1. The van der Waals surface area contributed by atoms with Crippen molar-refractivity contribution in [1.29, 1.82) is 0 Å². The summed E-state index contributed by atoms with van der Waals surface area (Å²) in [5.74, 6) is 1.03. The van der Waals surface area contributed by atoms with Crippen molar-refractivity contribution >= 4 is 27.6 Å². The molecule has 40 heavy (non-hydrogen) atoms. The zero-order valence-corrected chi connectivity index (χ0v) is 23.7. The van der Waals surface area contributed by atoms with Gasteiger partial charge in [-0.25, -0.2) is 0 Å². The number of carbonyl (C=O) groups is 1. The van der Waals surface area contributed by atoms with E-state index in [0.29, 0.717) is 0 Å². The molecule has 5 aromatic rings. The third-order valence-electron chi connectivity index (χ3n) is 8.44. The molecule has 0 saturated carbocycles. The Bertz CT molecular complexity index is 1680. The predicted octanol–water partition coefficient (Wildman–Crippen LogP) is 6.54. The number of aromatic amines is 1. The number of carbonyl (C=O) groups excluding carboxylic acids is 1. The molecule has 4 aromatic carbocycles. The number of aryl methyl sites for hydroxylation is 2. The van der Waals surface area contributed by atoms with E-state index in [1.54, 1.807) is 7.11 Å². The van der Waals surface area contributed by atoms with Gasteiger partial charge in [-0.2, -0.15) is 0 Å². The molecular formula is C35H37N3O2. The number of ether oxygens (including phenoxy) is 1. The van der Waals surface area contributed by atoms with Crippen LogP contribution in [0.15, 0.2) is 78.9 Å². The highest BCUT2D eigenvalue weighted by atomic mass is 16.5. The lowest BCUT2D eigenvalue weighted by Crippen LogP contribution is -2.49. The normalized spacial score (nSPS) is 14.2. The number of methoxy groups -OCH3 is 1. The van der Waals surface area contributed by atoms with E-state index in [-0.39, 0.29) is 5.91 Å². The van der Waals surface area contributed by atoms with Crippen LogP contribution in [0.2, 0.25) is 0 Å². The van der Waals surface area contributed by atoms with Gasteiger partial charge in [0.2, 0.25) is 0 Å². The Balaban J connectivity index is 1.04. The largest absolute Gasteiger partial charge is 0.497 e. The fraction of sp³-hybridized carbons (Fsp3) is 0.286. The van der Waals surface area contributed by atoms with Crippen LogP contribution in [0.5, 0.6) is 5.75 Å². The maximum absolute atomic E-state index is 13.4. The van der Waals surface area contributed by atoms with Gasteiger partial charge < -0.3 is 14.6 Å². The standard InChI is InChI=1S/C35H37N3O2/c1-24-25(2)36-34-12-8-28(22-33(24)34)19-27-5-4-6-31(21-27)35(39)38-17-15-37(16-18-38)14-13-26-7-9-30-23-32(40-3)11-10-29(30)20-26/h4-12,20-23,36H,13-19H2,1-3H3. The number of fused-ring (bicyclic) bond motifs is 2. The van der Waals surface area contributed by atoms with Gasteiger partial charge in [0.25, 0.3) is 5.91 Å². The molecule has 1 aliphatic heterocycles. The number of hydrogen-bond acceptors (Lipinski definition) is 3. The van der Waals surface area contributed by atoms with Crippen molar-refractivity contribution in [3.05, 3.63) is 112 Å². The Morgan fingerprint density at radius 1 is 0.825 bits per heavy atom. The van der Waals surface area contributed by atoms with E-state index >= 15 is 0 Å². The van der Waals surface area contributed by atoms with Crippen LogP contribution >= 0.6 is 0 Å². The molecule has 1 fully saturated rings. The Hall–Kier alpha value is -4.09. The number of H-pyrrole nitrogens is 1. The number of piperazine rings is 1. The average molecular weight is 532 g/mol. The first kappa shape index (κ1) is 26.1. The molecule has 204 valence electrons. The van der Waals surface area contributed by atoms with Crippen LogP contribution in [0.25, 0.3) is 21.7 Å². The van der Waals surface area contributed by atoms with Crippen LogP contribution in [0.3, 0.4) is 0 Å². The molecule has 1 aromatic heterocycles. The van der Waals surface area contributed by atoms with Crippen molar-refractivity contribution in [2.75, 3.05) is 39.8 Å². The molecular weight excluding hydrogens is 494 g/mol. The number of nitrogens with zero attached hydrogens (tertiary/aromatic N) is 2. The number of nitrogens with one attached hydrogen (secondary N) is 1. The van der Waals surface area contributed by atoms with Crippen molar-refractivity contribution < 1.29 is 9.53 Å². The van der Waals surface area contributed by atoms with E-state index in [2.05, 4.69) is 84.4 Å². The predicted molar refractivity (Wildman–Crippen MR) is 164 cm³/mol. The van der Waals surface area contributed by atoms with Gasteiger partial charge in [-0.1, -0.05) is 42.5 Å². The summed E-state index contributed by atoms with van der Waals surface area (Å²) in [5, 5.41) is 3.72. The SMILES string of the molecule is COc1ccc2cc(CCN3CCN(C(=O)c4cccc(Cc5ccc6[nH]c(C)c(C)c6c5)c4)CC3)ccc2c1. The number of benzene rings is 4. The summed E-state index contributed by atoms with van der Waals surface area (Å²) in [6.07, 6.45) is 1.82. The molecule has 1 aliphatic rings. The summed E-state index contributed by atoms with van der Waals surface area (Å²) >= 11 is 0. The van der Waals surface area contributed by atoms with Gasteiger partial charge in [-0.05, 0) is 96.1 Å². The van der Waals surface area contributed by atoms with E-state index in [1.165, 1.54) is 49.6 Å². The molecule has 1 saturated heterocycles. The first-order valence-corrected chi connectivity index (χ1v) is 14.2. The molecule has 5 nitrogen and oxygen atoms in total. The minimum Gasteiger partial charge on any atom is -0.497 e. The number of hydrogen-bond donors (Lipinski definition) is 1. The summed E-state index contributed by atoms with van der Waals surface area (Å²) in [4.78, 5) is 21.3. The molecule has 5 heteroatoms. The topological polar surface area (TPSA) is 48.6 Å². The fourth-order valence-corrected chi connectivity index (χ4v) is 5.87. The zero-order chi connectivity index (χ0) is 27.6. The molecule has 1 N–H and O–H groups in total. The second-order valence-corrected chi connectivity index (χ2v) is 11.1.